The van der Waals surface area contributed by atoms with Gasteiger partial charge in [-0.15, -0.1) is 0 Å². The van der Waals surface area contributed by atoms with E-state index >= 15 is 0 Å². The van der Waals surface area contributed by atoms with Crippen molar-refractivity contribution in [2.24, 2.45) is 5.73 Å². The van der Waals surface area contributed by atoms with Crippen LogP contribution in [0.2, 0.25) is 0 Å². The summed E-state index contributed by atoms with van der Waals surface area (Å²) in [5.74, 6) is 0. The minimum absolute atomic E-state index is 0.139. The fourth-order valence-electron chi connectivity index (χ4n) is 2.51. The van der Waals surface area contributed by atoms with Gasteiger partial charge in [0, 0.05) is 11.9 Å². The van der Waals surface area contributed by atoms with Gasteiger partial charge >= 0.3 is 0 Å². The number of pyridine rings is 1. The average Bonchev–Trinajstić information content (AvgIpc) is 2.46. The molecule has 0 radical (unpaired) electrons. The molecule has 2 N–H and O–H groups in total. The third kappa shape index (κ3) is 2.11. The van der Waals surface area contributed by atoms with Crippen LogP contribution in [-0.4, -0.2) is 4.98 Å². The first-order valence-electron chi connectivity index (χ1n) is 6.42. The van der Waals surface area contributed by atoms with Crippen molar-refractivity contribution in [3.8, 4) is 0 Å². The number of hydrogen-bond donors (Lipinski definition) is 1. The predicted octanol–water partition coefficient (Wildman–Crippen LogP) is 3.59. The highest BCUT2D eigenvalue weighted by Crippen LogP contribution is 2.28. The molecule has 0 saturated carbocycles. The monoisotopic (exact) mass is 248 g/mol. The number of fused-ring (bicyclic) bond motifs is 1. The molecule has 3 rings (SSSR count). The minimum atomic E-state index is -0.139. The second-order valence-electron chi connectivity index (χ2n) is 4.72. The second kappa shape index (κ2) is 4.82. The molecule has 1 aromatic heterocycles. The van der Waals surface area contributed by atoms with Crippen LogP contribution in [0.15, 0.2) is 60.8 Å². The van der Waals surface area contributed by atoms with Gasteiger partial charge in [0.05, 0.1) is 6.04 Å². The number of nitrogens with zero attached hydrogens (tertiary/aromatic N) is 1. The molecule has 2 nitrogen and oxygen atoms in total. The third-order valence-corrected chi connectivity index (χ3v) is 3.54. The molecule has 0 aliphatic heterocycles. The van der Waals surface area contributed by atoms with Gasteiger partial charge < -0.3 is 5.73 Å². The lowest BCUT2D eigenvalue weighted by molar-refractivity contribution is 0.856. The Bertz CT molecular complexity index is 714. The van der Waals surface area contributed by atoms with Crippen LogP contribution in [0.5, 0.6) is 0 Å². The number of nitrogens with two attached hydrogens (primary N) is 1. The highest BCUT2D eigenvalue weighted by molar-refractivity contribution is 5.86. The van der Waals surface area contributed by atoms with Gasteiger partial charge in [0.1, 0.15) is 0 Å². The van der Waals surface area contributed by atoms with Crippen LogP contribution in [0.25, 0.3) is 10.8 Å². The number of aromatic nitrogens is 1. The zero-order chi connectivity index (χ0) is 13.2. The first-order valence-corrected chi connectivity index (χ1v) is 6.42. The molecular weight excluding hydrogens is 232 g/mol. The van der Waals surface area contributed by atoms with Crippen LogP contribution in [0.3, 0.4) is 0 Å². The van der Waals surface area contributed by atoms with E-state index in [-0.39, 0.29) is 6.04 Å². The molecule has 0 aliphatic carbocycles. The van der Waals surface area contributed by atoms with Crippen molar-refractivity contribution < 1.29 is 0 Å². The first-order chi connectivity index (χ1) is 9.27. The summed E-state index contributed by atoms with van der Waals surface area (Å²) in [6, 6.07) is 18.5. The number of rotatable bonds is 2. The van der Waals surface area contributed by atoms with Crippen LogP contribution >= 0.6 is 0 Å². The SMILES string of the molecule is Cc1ncccc1C(N)c1cccc2ccccc12. The van der Waals surface area contributed by atoms with Crippen LogP contribution in [-0.2, 0) is 0 Å². The molecule has 0 amide bonds. The average molecular weight is 248 g/mol. The van der Waals surface area contributed by atoms with E-state index in [0.717, 1.165) is 16.8 Å². The zero-order valence-corrected chi connectivity index (χ0v) is 10.9. The summed E-state index contributed by atoms with van der Waals surface area (Å²) < 4.78 is 0. The van der Waals surface area contributed by atoms with Crippen molar-refractivity contribution in [1.29, 1.82) is 0 Å². The number of hydrogen-bond acceptors (Lipinski definition) is 2. The number of aryl methyl sites for hydroxylation is 1. The zero-order valence-electron chi connectivity index (χ0n) is 10.9. The maximum absolute atomic E-state index is 6.44. The van der Waals surface area contributed by atoms with Gasteiger partial charge in [0.25, 0.3) is 0 Å². The molecule has 2 heteroatoms. The molecule has 0 aliphatic rings. The summed E-state index contributed by atoms with van der Waals surface area (Å²) in [5.41, 5.74) is 9.66. The van der Waals surface area contributed by atoms with Gasteiger partial charge in [-0.2, -0.15) is 0 Å². The third-order valence-electron chi connectivity index (χ3n) is 3.54. The summed E-state index contributed by atoms with van der Waals surface area (Å²) in [6.07, 6.45) is 1.80. The lowest BCUT2D eigenvalue weighted by Gasteiger charge is -2.16. The molecule has 1 heterocycles. The molecule has 1 unspecified atom stereocenters. The van der Waals surface area contributed by atoms with Crippen molar-refractivity contribution in [2.45, 2.75) is 13.0 Å². The van der Waals surface area contributed by atoms with Crippen LogP contribution in [0.4, 0.5) is 0 Å². The van der Waals surface area contributed by atoms with Crippen LogP contribution in [0, 0.1) is 6.92 Å². The molecule has 0 bridgehead atoms. The summed E-state index contributed by atoms with van der Waals surface area (Å²) >= 11 is 0. The Morgan fingerprint density at radius 2 is 1.63 bits per heavy atom. The maximum atomic E-state index is 6.44. The smallest absolute Gasteiger partial charge is 0.0575 e. The molecule has 2 aromatic carbocycles. The molecule has 19 heavy (non-hydrogen) atoms. The van der Waals surface area contributed by atoms with E-state index in [9.17, 15) is 0 Å². The molecule has 3 aromatic rings. The predicted molar refractivity (Wildman–Crippen MR) is 79.0 cm³/mol. The fraction of sp³-hybridized carbons (Fsp3) is 0.118. The topological polar surface area (TPSA) is 38.9 Å². The molecule has 1 atom stereocenters. The van der Waals surface area contributed by atoms with E-state index in [1.165, 1.54) is 10.8 Å². The fourth-order valence-corrected chi connectivity index (χ4v) is 2.51. The molecule has 0 saturated heterocycles. The van der Waals surface area contributed by atoms with Gasteiger partial charge in [0.2, 0.25) is 0 Å². The summed E-state index contributed by atoms with van der Waals surface area (Å²) in [5, 5.41) is 2.43. The Morgan fingerprint density at radius 3 is 2.47 bits per heavy atom. The largest absolute Gasteiger partial charge is 0.320 e. The highest BCUT2D eigenvalue weighted by atomic mass is 14.7. The highest BCUT2D eigenvalue weighted by Gasteiger charge is 2.14. The molecule has 0 fully saturated rings. The standard InChI is InChI=1S/C17H16N2/c1-12-14(10-5-11-19-12)17(18)16-9-4-7-13-6-2-3-8-15(13)16/h2-11,17H,18H2,1H3. The van der Waals surface area contributed by atoms with E-state index in [0.29, 0.717) is 0 Å². The Kier molecular flexibility index (Phi) is 3.02. The second-order valence-corrected chi connectivity index (χ2v) is 4.72. The minimum Gasteiger partial charge on any atom is -0.320 e. The lowest BCUT2D eigenvalue weighted by Crippen LogP contribution is -2.14. The normalized spacial score (nSPS) is 12.5. The summed E-state index contributed by atoms with van der Waals surface area (Å²) in [6.45, 7) is 2.00. The van der Waals surface area contributed by atoms with Gasteiger partial charge in [-0.3, -0.25) is 4.98 Å². The lowest BCUT2D eigenvalue weighted by atomic mass is 9.94. The van der Waals surface area contributed by atoms with Gasteiger partial charge in [-0.05, 0) is 34.9 Å². The Balaban J connectivity index is 2.17. The van der Waals surface area contributed by atoms with Gasteiger partial charge in [-0.1, -0.05) is 48.5 Å². The Hall–Kier alpha value is -2.19. The van der Waals surface area contributed by atoms with E-state index in [1.54, 1.807) is 6.20 Å². The van der Waals surface area contributed by atoms with Crippen molar-refractivity contribution >= 4 is 10.8 Å². The molecule has 94 valence electrons. The van der Waals surface area contributed by atoms with E-state index < -0.39 is 0 Å². The number of benzene rings is 2. The molecule has 0 spiro atoms. The van der Waals surface area contributed by atoms with E-state index in [2.05, 4.69) is 47.4 Å². The van der Waals surface area contributed by atoms with Crippen LogP contribution in [0.1, 0.15) is 22.9 Å². The van der Waals surface area contributed by atoms with Crippen molar-refractivity contribution in [3.63, 3.8) is 0 Å². The van der Waals surface area contributed by atoms with E-state index in [1.807, 2.05) is 19.1 Å². The van der Waals surface area contributed by atoms with Crippen LogP contribution < -0.4 is 5.73 Å². The van der Waals surface area contributed by atoms with Gasteiger partial charge in [-0.25, -0.2) is 0 Å². The van der Waals surface area contributed by atoms with E-state index in [4.69, 9.17) is 5.73 Å². The summed E-state index contributed by atoms with van der Waals surface area (Å²) in [4.78, 5) is 4.33. The van der Waals surface area contributed by atoms with Crippen molar-refractivity contribution in [3.05, 3.63) is 77.6 Å². The quantitative estimate of drug-likeness (QED) is 0.752. The Morgan fingerprint density at radius 1 is 0.895 bits per heavy atom. The maximum Gasteiger partial charge on any atom is 0.0575 e. The Labute approximate surface area is 112 Å². The first kappa shape index (κ1) is 11.9. The van der Waals surface area contributed by atoms with Gasteiger partial charge in [0.15, 0.2) is 0 Å². The van der Waals surface area contributed by atoms with Crippen molar-refractivity contribution in [2.75, 3.05) is 0 Å². The van der Waals surface area contributed by atoms with Crippen molar-refractivity contribution in [1.82, 2.24) is 4.98 Å². The molecular formula is C17H16N2. The summed E-state index contributed by atoms with van der Waals surface area (Å²) in [7, 11) is 0.